The minimum absolute atomic E-state index is 0.0374. The summed E-state index contributed by atoms with van der Waals surface area (Å²) in [6, 6.07) is 0. The zero-order valence-electron chi connectivity index (χ0n) is 8.02. The van der Waals surface area contributed by atoms with Crippen LogP contribution < -0.4 is 11.5 Å². The molecule has 2 nitrogen and oxygen atoms in total. The highest BCUT2D eigenvalue weighted by Gasteiger charge is 2.22. The summed E-state index contributed by atoms with van der Waals surface area (Å²) < 4.78 is 0. The Balaban J connectivity index is 2.38. The predicted molar refractivity (Wildman–Crippen MR) is 52.9 cm³/mol. The molecule has 1 rings (SSSR count). The molecular weight excluding hydrogens is 148 g/mol. The van der Waals surface area contributed by atoms with Gasteiger partial charge < -0.3 is 11.5 Å². The van der Waals surface area contributed by atoms with Crippen LogP contribution in [0.4, 0.5) is 0 Å². The first kappa shape index (κ1) is 10.0. The lowest BCUT2D eigenvalue weighted by Crippen LogP contribution is -2.46. The molecule has 0 aliphatic heterocycles. The van der Waals surface area contributed by atoms with Gasteiger partial charge in [-0.15, -0.1) is 0 Å². The maximum Gasteiger partial charge on any atom is 0.0278 e. The minimum Gasteiger partial charge on any atom is -0.329 e. The maximum absolute atomic E-state index is 6.17. The summed E-state index contributed by atoms with van der Waals surface area (Å²) in [5, 5.41) is 0. The van der Waals surface area contributed by atoms with E-state index in [4.69, 9.17) is 11.5 Å². The molecule has 1 fully saturated rings. The van der Waals surface area contributed by atoms with E-state index >= 15 is 0 Å². The van der Waals surface area contributed by atoms with Crippen molar-refractivity contribution in [3.63, 3.8) is 0 Å². The van der Waals surface area contributed by atoms with Crippen molar-refractivity contribution in [1.29, 1.82) is 0 Å². The van der Waals surface area contributed by atoms with Gasteiger partial charge in [-0.25, -0.2) is 0 Å². The average molecular weight is 170 g/mol. The van der Waals surface area contributed by atoms with Crippen LogP contribution in [0.1, 0.15) is 51.4 Å². The molecule has 4 N–H and O–H groups in total. The van der Waals surface area contributed by atoms with E-state index in [0.717, 1.165) is 12.8 Å². The molecular formula is C10H22N2. The van der Waals surface area contributed by atoms with Crippen molar-refractivity contribution in [1.82, 2.24) is 0 Å². The van der Waals surface area contributed by atoms with E-state index in [9.17, 15) is 0 Å². The van der Waals surface area contributed by atoms with Gasteiger partial charge in [0.25, 0.3) is 0 Å². The van der Waals surface area contributed by atoms with Gasteiger partial charge in [0.1, 0.15) is 0 Å². The summed E-state index contributed by atoms with van der Waals surface area (Å²) in [6.07, 6.45) is 10.3. The largest absolute Gasteiger partial charge is 0.329 e. The lowest BCUT2D eigenvalue weighted by molar-refractivity contribution is 0.358. The van der Waals surface area contributed by atoms with E-state index in [-0.39, 0.29) is 5.54 Å². The Morgan fingerprint density at radius 1 is 0.833 bits per heavy atom. The number of hydrogen-bond acceptors (Lipinski definition) is 2. The van der Waals surface area contributed by atoms with Crippen LogP contribution in [0.3, 0.4) is 0 Å². The van der Waals surface area contributed by atoms with Gasteiger partial charge in [0.15, 0.2) is 0 Å². The molecule has 0 radical (unpaired) electrons. The van der Waals surface area contributed by atoms with Crippen LogP contribution in [0.15, 0.2) is 0 Å². The fourth-order valence-electron chi connectivity index (χ4n) is 1.99. The molecule has 0 amide bonds. The topological polar surface area (TPSA) is 52.0 Å². The molecule has 0 aromatic carbocycles. The molecule has 1 aliphatic carbocycles. The fraction of sp³-hybridized carbons (Fsp3) is 1.00. The summed E-state index contributed by atoms with van der Waals surface area (Å²) in [7, 11) is 0. The Labute approximate surface area is 75.7 Å². The van der Waals surface area contributed by atoms with Crippen molar-refractivity contribution in [3.05, 3.63) is 0 Å². The molecule has 0 unspecified atom stereocenters. The summed E-state index contributed by atoms with van der Waals surface area (Å²) in [4.78, 5) is 0. The van der Waals surface area contributed by atoms with Crippen LogP contribution in [0, 0.1) is 0 Å². The van der Waals surface area contributed by atoms with Gasteiger partial charge in [-0.2, -0.15) is 0 Å². The SMILES string of the molecule is NCC1(N)CCCCCCCC1. The molecule has 0 spiro atoms. The minimum atomic E-state index is -0.0374. The van der Waals surface area contributed by atoms with E-state index in [1.54, 1.807) is 0 Å². The Kier molecular flexibility index (Phi) is 4.02. The van der Waals surface area contributed by atoms with Crippen LogP contribution in [-0.4, -0.2) is 12.1 Å². The average Bonchev–Trinajstić information content (AvgIpc) is 2.18. The molecule has 2 heteroatoms. The normalized spacial score (nSPS) is 25.5. The highest BCUT2D eigenvalue weighted by atomic mass is 14.8. The number of nitrogens with two attached hydrogens (primary N) is 2. The Morgan fingerprint density at radius 2 is 1.25 bits per heavy atom. The Bertz CT molecular complexity index is 113. The molecule has 0 atom stereocenters. The van der Waals surface area contributed by atoms with Gasteiger partial charge in [-0.3, -0.25) is 0 Å². The predicted octanol–water partition coefficient (Wildman–Crippen LogP) is 1.78. The number of hydrogen-bond donors (Lipinski definition) is 2. The Hall–Kier alpha value is -0.0800. The smallest absolute Gasteiger partial charge is 0.0278 e. The van der Waals surface area contributed by atoms with E-state index in [1.807, 2.05) is 0 Å². The molecule has 0 aromatic rings. The Morgan fingerprint density at radius 3 is 1.67 bits per heavy atom. The molecule has 1 saturated carbocycles. The van der Waals surface area contributed by atoms with Gasteiger partial charge in [0.05, 0.1) is 0 Å². The third-order valence-electron chi connectivity index (χ3n) is 3.01. The second kappa shape index (κ2) is 4.83. The van der Waals surface area contributed by atoms with E-state index < -0.39 is 0 Å². The third-order valence-corrected chi connectivity index (χ3v) is 3.01. The van der Waals surface area contributed by atoms with Crippen LogP contribution in [0.25, 0.3) is 0 Å². The highest BCUT2D eigenvalue weighted by molar-refractivity contribution is 4.85. The molecule has 12 heavy (non-hydrogen) atoms. The summed E-state index contributed by atoms with van der Waals surface area (Å²) in [5.41, 5.74) is 11.8. The number of rotatable bonds is 1. The summed E-state index contributed by atoms with van der Waals surface area (Å²) >= 11 is 0. The zero-order chi connectivity index (χ0) is 8.86. The second-order valence-corrected chi connectivity index (χ2v) is 4.19. The zero-order valence-corrected chi connectivity index (χ0v) is 8.02. The van der Waals surface area contributed by atoms with Gasteiger partial charge in [-0.1, -0.05) is 38.5 Å². The second-order valence-electron chi connectivity index (χ2n) is 4.19. The monoisotopic (exact) mass is 170 g/mol. The van der Waals surface area contributed by atoms with Crippen LogP contribution in [0.5, 0.6) is 0 Å². The standard InChI is InChI=1S/C10H22N2/c11-9-10(12)7-5-3-1-2-4-6-8-10/h1-9,11-12H2. The van der Waals surface area contributed by atoms with Crippen LogP contribution in [0.2, 0.25) is 0 Å². The fourth-order valence-corrected chi connectivity index (χ4v) is 1.99. The van der Waals surface area contributed by atoms with Gasteiger partial charge in [-0.05, 0) is 12.8 Å². The van der Waals surface area contributed by atoms with Gasteiger partial charge in [0.2, 0.25) is 0 Å². The van der Waals surface area contributed by atoms with E-state index in [1.165, 1.54) is 38.5 Å². The first-order valence-corrected chi connectivity index (χ1v) is 5.26. The van der Waals surface area contributed by atoms with Crippen LogP contribution >= 0.6 is 0 Å². The third kappa shape index (κ3) is 3.11. The first-order chi connectivity index (χ1) is 5.77. The molecule has 72 valence electrons. The summed E-state index contributed by atoms with van der Waals surface area (Å²) in [5.74, 6) is 0. The molecule has 1 aliphatic rings. The maximum atomic E-state index is 6.17. The van der Waals surface area contributed by atoms with Crippen molar-refractivity contribution < 1.29 is 0 Å². The van der Waals surface area contributed by atoms with Gasteiger partial charge >= 0.3 is 0 Å². The van der Waals surface area contributed by atoms with E-state index in [0.29, 0.717) is 6.54 Å². The highest BCUT2D eigenvalue weighted by Crippen LogP contribution is 2.22. The first-order valence-electron chi connectivity index (χ1n) is 5.26. The lowest BCUT2D eigenvalue weighted by Gasteiger charge is -2.27. The molecule has 0 saturated heterocycles. The molecule has 0 heterocycles. The molecule has 0 bridgehead atoms. The van der Waals surface area contributed by atoms with E-state index in [2.05, 4.69) is 0 Å². The van der Waals surface area contributed by atoms with Crippen molar-refractivity contribution >= 4 is 0 Å². The van der Waals surface area contributed by atoms with Crippen molar-refractivity contribution in [3.8, 4) is 0 Å². The van der Waals surface area contributed by atoms with Crippen molar-refractivity contribution in [2.24, 2.45) is 11.5 Å². The van der Waals surface area contributed by atoms with Crippen LogP contribution in [-0.2, 0) is 0 Å². The van der Waals surface area contributed by atoms with Crippen molar-refractivity contribution in [2.45, 2.75) is 56.9 Å². The quantitative estimate of drug-likeness (QED) is 0.630. The summed E-state index contributed by atoms with van der Waals surface area (Å²) in [6.45, 7) is 0.660. The van der Waals surface area contributed by atoms with Crippen molar-refractivity contribution in [2.75, 3.05) is 6.54 Å². The molecule has 0 aromatic heterocycles. The van der Waals surface area contributed by atoms with Gasteiger partial charge in [0, 0.05) is 12.1 Å². The lowest BCUT2D eigenvalue weighted by atomic mass is 9.89.